The van der Waals surface area contributed by atoms with Crippen LogP contribution in [0.5, 0.6) is 0 Å². The number of sulfonamides is 1. The van der Waals surface area contributed by atoms with Crippen LogP contribution in [0.15, 0.2) is 14.7 Å². The fourth-order valence-electron chi connectivity index (χ4n) is 2.29. The Balaban J connectivity index is 2.28. The van der Waals surface area contributed by atoms with E-state index in [0.29, 0.717) is 34.2 Å². The molecule has 1 atom stereocenters. The highest BCUT2D eigenvalue weighted by Gasteiger charge is 2.29. The molecule has 2 rings (SSSR count). The second-order valence-corrected chi connectivity index (χ2v) is 9.36. The van der Waals surface area contributed by atoms with Gasteiger partial charge in [-0.05, 0) is 47.2 Å². The van der Waals surface area contributed by atoms with Crippen LogP contribution in [0, 0.1) is 5.92 Å². The topological polar surface area (TPSA) is 63.4 Å². The normalized spacial score (nSPS) is 22.4. The molecule has 0 aromatic carbocycles. The van der Waals surface area contributed by atoms with Crippen molar-refractivity contribution in [3.63, 3.8) is 0 Å². The van der Waals surface area contributed by atoms with Gasteiger partial charge in [0.05, 0.1) is 3.79 Å². The van der Waals surface area contributed by atoms with Crippen LogP contribution in [0.1, 0.15) is 31.1 Å². The molecule has 1 aromatic rings. The van der Waals surface area contributed by atoms with Crippen molar-refractivity contribution < 1.29 is 8.42 Å². The number of hydrogen-bond donors (Lipinski definition) is 1. The predicted molar refractivity (Wildman–Crippen MR) is 81.7 cm³/mol. The lowest BCUT2D eigenvalue weighted by molar-refractivity contribution is 0.416. The molecule has 2 N–H and O–H groups in total. The first-order valence-electron chi connectivity index (χ1n) is 6.43. The Kier molecular flexibility index (Phi) is 5.05. The maximum atomic E-state index is 12.7. The fourth-order valence-corrected chi connectivity index (χ4v) is 6.29. The molecule has 1 fully saturated rings. The summed E-state index contributed by atoms with van der Waals surface area (Å²) < 4.78 is 27.6. The van der Waals surface area contributed by atoms with Crippen molar-refractivity contribution in [2.45, 2.75) is 37.6 Å². The standard InChI is InChI=1S/C12H19BrN2O2S2/c1-9-3-2-5-15(6-4-9)19(16,17)11-7-10(8-14)18-12(11)13/h7,9H,2-6,8,14H2,1H3. The minimum absolute atomic E-state index is 0.368. The van der Waals surface area contributed by atoms with Gasteiger partial charge in [0.25, 0.3) is 0 Å². The van der Waals surface area contributed by atoms with E-state index in [2.05, 4.69) is 22.9 Å². The number of nitrogens with zero attached hydrogens (tertiary/aromatic N) is 1. The molecule has 0 radical (unpaired) electrons. The molecular formula is C12H19BrN2O2S2. The molecule has 1 aliphatic rings. The van der Waals surface area contributed by atoms with E-state index in [1.165, 1.54) is 11.3 Å². The smallest absolute Gasteiger partial charge is 0.245 e. The first-order valence-corrected chi connectivity index (χ1v) is 9.48. The average Bonchev–Trinajstić information content (AvgIpc) is 2.60. The summed E-state index contributed by atoms with van der Waals surface area (Å²) in [7, 11) is -3.39. The molecule has 0 aliphatic carbocycles. The molecule has 0 amide bonds. The van der Waals surface area contributed by atoms with Gasteiger partial charge in [-0.3, -0.25) is 0 Å². The molecule has 1 unspecified atom stereocenters. The summed E-state index contributed by atoms with van der Waals surface area (Å²) >= 11 is 4.75. The van der Waals surface area contributed by atoms with Crippen molar-refractivity contribution in [3.8, 4) is 0 Å². The van der Waals surface area contributed by atoms with Crippen molar-refractivity contribution in [1.29, 1.82) is 0 Å². The van der Waals surface area contributed by atoms with Gasteiger partial charge >= 0.3 is 0 Å². The third kappa shape index (κ3) is 3.39. The summed E-state index contributed by atoms with van der Waals surface area (Å²) in [5, 5.41) is 0. The van der Waals surface area contributed by atoms with E-state index >= 15 is 0 Å². The van der Waals surface area contributed by atoms with Crippen molar-refractivity contribution in [2.75, 3.05) is 13.1 Å². The number of rotatable bonds is 3. The van der Waals surface area contributed by atoms with Crippen molar-refractivity contribution in [1.82, 2.24) is 4.31 Å². The van der Waals surface area contributed by atoms with Gasteiger partial charge in [0.15, 0.2) is 0 Å². The third-order valence-electron chi connectivity index (χ3n) is 3.50. The SMILES string of the molecule is CC1CCCN(S(=O)(=O)c2cc(CN)sc2Br)CC1. The van der Waals surface area contributed by atoms with E-state index in [1.54, 1.807) is 10.4 Å². The van der Waals surface area contributed by atoms with Crippen LogP contribution in [0.3, 0.4) is 0 Å². The van der Waals surface area contributed by atoms with E-state index in [-0.39, 0.29) is 0 Å². The first-order chi connectivity index (χ1) is 8.95. The zero-order valence-electron chi connectivity index (χ0n) is 10.9. The Labute approximate surface area is 127 Å². The van der Waals surface area contributed by atoms with E-state index in [1.807, 2.05) is 0 Å². The molecule has 1 aliphatic heterocycles. The molecule has 1 saturated heterocycles. The zero-order chi connectivity index (χ0) is 14.0. The van der Waals surface area contributed by atoms with Gasteiger partial charge in [-0.2, -0.15) is 4.31 Å². The van der Waals surface area contributed by atoms with Crippen LogP contribution in [-0.4, -0.2) is 25.8 Å². The lowest BCUT2D eigenvalue weighted by Gasteiger charge is -2.19. The molecule has 4 nitrogen and oxygen atoms in total. The highest BCUT2D eigenvalue weighted by Crippen LogP contribution is 2.34. The van der Waals surface area contributed by atoms with Crippen LogP contribution >= 0.6 is 27.3 Å². The number of nitrogens with two attached hydrogens (primary N) is 1. The monoisotopic (exact) mass is 366 g/mol. The lowest BCUT2D eigenvalue weighted by atomic mass is 10.0. The fraction of sp³-hybridized carbons (Fsp3) is 0.667. The van der Waals surface area contributed by atoms with Crippen LogP contribution in [0.2, 0.25) is 0 Å². The van der Waals surface area contributed by atoms with Crippen molar-refractivity contribution >= 4 is 37.3 Å². The Hall–Kier alpha value is 0.0500. The van der Waals surface area contributed by atoms with Gasteiger partial charge in [-0.1, -0.05) is 6.92 Å². The van der Waals surface area contributed by atoms with Gasteiger partial charge < -0.3 is 5.73 Å². The molecule has 0 saturated carbocycles. The molecular weight excluding hydrogens is 348 g/mol. The quantitative estimate of drug-likeness (QED) is 0.894. The van der Waals surface area contributed by atoms with Crippen LogP contribution in [-0.2, 0) is 16.6 Å². The highest BCUT2D eigenvalue weighted by molar-refractivity contribution is 9.11. The molecule has 0 bridgehead atoms. The predicted octanol–water partition coefficient (Wildman–Crippen LogP) is 2.78. The number of halogens is 1. The van der Waals surface area contributed by atoms with Crippen molar-refractivity contribution in [3.05, 3.63) is 14.7 Å². The van der Waals surface area contributed by atoms with Crippen LogP contribution in [0.4, 0.5) is 0 Å². The highest BCUT2D eigenvalue weighted by atomic mass is 79.9. The summed E-state index contributed by atoms with van der Waals surface area (Å²) in [6.07, 6.45) is 2.97. The Morgan fingerprint density at radius 3 is 2.84 bits per heavy atom. The minimum Gasteiger partial charge on any atom is -0.326 e. The first kappa shape index (κ1) is 15.4. The Morgan fingerprint density at radius 2 is 2.21 bits per heavy atom. The van der Waals surface area contributed by atoms with Gasteiger partial charge in [0.1, 0.15) is 4.90 Å². The zero-order valence-corrected chi connectivity index (χ0v) is 14.2. The van der Waals surface area contributed by atoms with Gasteiger partial charge in [0.2, 0.25) is 10.0 Å². The summed E-state index contributed by atoms with van der Waals surface area (Å²) in [4.78, 5) is 1.25. The second-order valence-electron chi connectivity index (χ2n) is 4.99. The van der Waals surface area contributed by atoms with Crippen LogP contribution in [0.25, 0.3) is 0 Å². The maximum absolute atomic E-state index is 12.7. The lowest BCUT2D eigenvalue weighted by Crippen LogP contribution is -2.32. The molecule has 108 valence electrons. The minimum atomic E-state index is -3.39. The summed E-state index contributed by atoms with van der Waals surface area (Å²) in [6.45, 7) is 3.79. The van der Waals surface area contributed by atoms with Crippen LogP contribution < -0.4 is 5.73 Å². The molecule has 2 heterocycles. The van der Waals surface area contributed by atoms with Crippen molar-refractivity contribution in [2.24, 2.45) is 11.7 Å². The van der Waals surface area contributed by atoms with Gasteiger partial charge in [0, 0.05) is 24.5 Å². The largest absolute Gasteiger partial charge is 0.326 e. The van der Waals surface area contributed by atoms with E-state index in [0.717, 1.165) is 24.1 Å². The number of hydrogen-bond acceptors (Lipinski definition) is 4. The number of thiophene rings is 1. The summed E-state index contributed by atoms with van der Waals surface area (Å²) in [5.41, 5.74) is 5.58. The molecule has 0 spiro atoms. The summed E-state index contributed by atoms with van der Waals surface area (Å²) in [5.74, 6) is 0.603. The Morgan fingerprint density at radius 1 is 1.47 bits per heavy atom. The average molecular weight is 367 g/mol. The third-order valence-corrected chi connectivity index (χ3v) is 7.67. The van der Waals surface area contributed by atoms with E-state index in [4.69, 9.17) is 5.73 Å². The maximum Gasteiger partial charge on any atom is 0.245 e. The molecule has 19 heavy (non-hydrogen) atoms. The summed E-state index contributed by atoms with van der Waals surface area (Å²) in [6, 6.07) is 1.69. The van der Waals surface area contributed by atoms with E-state index in [9.17, 15) is 8.42 Å². The van der Waals surface area contributed by atoms with Gasteiger partial charge in [-0.25, -0.2) is 8.42 Å². The molecule has 7 heteroatoms. The van der Waals surface area contributed by atoms with Gasteiger partial charge in [-0.15, -0.1) is 11.3 Å². The molecule has 1 aromatic heterocycles. The second kappa shape index (κ2) is 6.22. The Bertz CT molecular complexity index is 542. The van der Waals surface area contributed by atoms with E-state index < -0.39 is 10.0 Å².